The summed E-state index contributed by atoms with van der Waals surface area (Å²) in [5.41, 5.74) is -1.57. The molecule has 0 spiro atoms. The maximum absolute atomic E-state index is 15.7. The van der Waals surface area contributed by atoms with Gasteiger partial charge in [0.05, 0.1) is 9.49 Å². The molecule has 0 N–H and O–H groups in total. The first-order valence-electron chi connectivity index (χ1n) is 14.3. The number of aromatic nitrogens is 1. The van der Waals surface area contributed by atoms with Crippen molar-refractivity contribution in [2.45, 2.75) is 105 Å². The molecule has 2 atom stereocenters. The predicted molar refractivity (Wildman–Crippen MR) is 152 cm³/mol. The number of aryl methyl sites for hydroxylation is 1. The molecule has 4 aliphatic rings. The summed E-state index contributed by atoms with van der Waals surface area (Å²) < 4.78 is 92.6. The third kappa shape index (κ3) is 4.10. The second-order valence-corrected chi connectivity index (χ2v) is 13.9. The van der Waals surface area contributed by atoms with E-state index in [9.17, 15) is 0 Å². The quantitative estimate of drug-likeness (QED) is 0.141. The number of pyridine rings is 1. The first-order valence-corrected chi connectivity index (χ1v) is 16.0. The first-order chi connectivity index (χ1) is 18.9. The van der Waals surface area contributed by atoms with Crippen LogP contribution in [0.2, 0.25) is 0 Å². The Bertz CT molecular complexity index is 1280. The lowest BCUT2D eigenvalue weighted by molar-refractivity contribution is -0.671. The van der Waals surface area contributed by atoms with Crippen LogP contribution in [-0.2, 0) is 7.05 Å². The minimum atomic E-state index is -5.51. The summed E-state index contributed by atoms with van der Waals surface area (Å²) in [5, 5.41) is 1.67. The highest BCUT2D eigenvalue weighted by atomic mass is 32.2. The Morgan fingerprint density at radius 3 is 1.85 bits per heavy atom. The zero-order valence-corrected chi connectivity index (χ0v) is 24.8. The first kappa shape index (κ1) is 29.9. The minimum Gasteiger partial charge on any atom is -0.208 e. The summed E-state index contributed by atoms with van der Waals surface area (Å²) in [5.74, 6) is -15.5. The van der Waals surface area contributed by atoms with E-state index in [1.807, 2.05) is 36.1 Å². The molecule has 5 rings (SSSR count). The molecule has 0 amide bonds. The third-order valence-corrected chi connectivity index (χ3v) is 12.1. The Kier molecular flexibility index (Phi) is 7.90. The molecule has 3 heterocycles. The van der Waals surface area contributed by atoms with Crippen molar-refractivity contribution < 1.29 is 30.9 Å². The monoisotopic (exact) mass is 600 g/mol. The number of unbranched alkanes of at least 4 members (excludes halogenated alkanes) is 6. The highest BCUT2D eigenvalue weighted by Gasteiger charge is 2.84. The molecule has 218 valence electrons. The van der Waals surface area contributed by atoms with Gasteiger partial charge in [-0.15, -0.1) is 23.5 Å². The summed E-state index contributed by atoms with van der Waals surface area (Å²) in [7, 11) is 1.86. The number of nitrogens with zero attached hydrogens (tertiary/aromatic N) is 1. The molecule has 0 saturated heterocycles. The van der Waals surface area contributed by atoms with Crippen molar-refractivity contribution in [1.29, 1.82) is 0 Å². The maximum Gasteiger partial charge on any atom is 0.380 e. The van der Waals surface area contributed by atoms with Gasteiger partial charge in [-0.25, -0.2) is 4.57 Å². The van der Waals surface area contributed by atoms with Crippen molar-refractivity contribution in [1.82, 2.24) is 0 Å². The van der Waals surface area contributed by atoms with E-state index in [-0.39, 0.29) is 11.1 Å². The lowest BCUT2D eigenvalue weighted by Gasteiger charge is -2.51. The van der Waals surface area contributed by atoms with E-state index in [0.29, 0.717) is 30.6 Å². The van der Waals surface area contributed by atoms with Gasteiger partial charge in [0.2, 0.25) is 0 Å². The van der Waals surface area contributed by atoms with Crippen molar-refractivity contribution in [3.63, 3.8) is 0 Å². The van der Waals surface area contributed by atoms with Gasteiger partial charge in [-0.05, 0) is 41.0 Å². The van der Waals surface area contributed by atoms with Gasteiger partial charge in [0, 0.05) is 28.2 Å². The molecular weight excluding hydrogens is 564 g/mol. The van der Waals surface area contributed by atoms with Gasteiger partial charge in [-0.1, -0.05) is 71.3 Å². The van der Waals surface area contributed by atoms with Crippen molar-refractivity contribution in [3.05, 3.63) is 69.9 Å². The van der Waals surface area contributed by atoms with Gasteiger partial charge in [-0.2, -0.15) is 26.3 Å². The Balaban J connectivity index is 1.78. The van der Waals surface area contributed by atoms with E-state index in [2.05, 4.69) is 13.8 Å². The van der Waals surface area contributed by atoms with Gasteiger partial charge in [0.25, 0.3) is 0 Å². The van der Waals surface area contributed by atoms with Crippen molar-refractivity contribution in [3.8, 4) is 0 Å². The molecule has 40 heavy (non-hydrogen) atoms. The molecular formula is C31H36F6NS2+. The van der Waals surface area contributed by atoms with E-state index < -0.39 is 38.4 Å². The van der Waals surface area contributed by atoms with Crippen molar-refractivity contribution >= 4 is 28.4 Å². The summed E-state index contributed by atoms with van der Waals surface area (Å²) in [6, 6.07) is 3.71. The summed E-state index contributed by atoms with van der Waals surface area (Å²) in [4.78, 5) is 0.661. The summed E-state index contributed by atoms with van der Waals surface area (Å²) >= 11 is 2.79. The zero-order chi connectivity index (χ0) is 29.0. The second kappa shape index (κ2) is 10.6. The van der Waals surface area contributed by atoms with Crippen LogP contribution in [0.4, 0.5) is 26.3 Å². The molecule has 2 aliphatic heterocycles. The van der Waals surface area contributed by atoms with Crippen LogP contribution < -0.4 is 4.57 Å². The van der Waals surface area contributed by atoms with E-state index >= 15 is 26.3 Å². The molecule has 1 aromatic heterocycles. The van der Waals surface area contributed by atoms with Gasteiger partial charge >= 0.3 is 17.8 Å². The summed E-state index contributed by atoms with van der Waals surface area (Å²) in [6.45, 7) is 4.15. The largest absolute Gasteiger partial charge is 0.380 e. The van der Waals surface area contributed by atoms with Gasteiger partial charge in [0.15, 0.2) is 12.4 Å². The fourth-order valence-corrected chi connectivity index (χ4v) is 10.1. The predicted octanol–water partition coefficient (Wildman–Crippen LogP) is 9.80. The van der Waals surface area contributed by atoms with E-state index in [0.717, 1.165) is 44.1 Å². The number of hydrogen-bond acceptors (Lipinski definition) is 2. The SMILES string of the molecule is CCCCCC[C@@]12SC=CC1=C1C(=C3C=C(c4cc[n+](C)cc4)S[C@]32CCCCCC)C(F)(F)C(F)(F)C1(F)F. The smallest absolute Gasteiger partial charge is 0.208 e. The van der Waals surface area contributed by atoms with Crippen LogP contribution in [-0.4, -0.2) is 27.3 Å². The number of halogens is 6. The van der Waals surface area contributed by atoms with Crippen molar-refractivity contribution in [2.75, 3.05) is 0 Å². The lowest BCUT2D eigenvalue weighted by atomic mass is 9.66. The molecule has 1 saturated carbocycles. The molecule has 0 unspecified atom stereocenters. The Labute approximate surface area is 241 Å². The number of thioether (sulfide) groups is 2. The molecule has 1 nitrogen and oxygen atoms in total. The standard InChI is InChI=1S/C31H36F6NS2/c1-4-6-8-10-15-27-22(14-19-39-27)25-26(30(34,35)31(36,37)29(25,32)33)23-20-24(21-12-17-38(3)18-13-21)40-28(23,27)16-11-9-7-5-2/h12-14,17-20H,4-11,15-16H2,1-3H3/q+1/t27-,28-/m1/s1. The van der Waals surface area contributed by atoms with E-state index in [1.165, 1.54) is 35.7 Å². The molecule has 1 fully saturated rings. The van der Waals surface area contributed by atoms with Crippen LogP contribution in [0.3, 0.4) is 0 Å². The molecule has 0 aromatic carbocycles. The van der Waals surface area contributed by atoms with Gasteiger partial charge < -0.3 is 0 Å². The number of allylic oxidation sites excluding steroid dienone is 4. The highest BCUT2D eigenvalue weighted by molar-refractivity contribution is 8.12. The number of fused-ring (bicyclic) bond motifs is 4. The molecule has 0 bridgehead atoms. The zero-order valence-electron chi connectivity index (χ0n) is 23.1. The maximum atomic E-state index is 15.7. The van der Waals surface area contributed by atoms with Crippen LogP contribution in [0.15, 0.2) is 64.4 Å². The van der Waals surface area contributed by atoms with Crippen LogP contribution in [0.25, 0.3) is 4.91 Å². The van der Waals surface area contributed by atoms with Crippen LogP contribution in [0, 0.1) is 0 Å². The fraction of sp³-hybridized carbons (Fsp3) is 0.581. The average Bonchev–Trinajstić information content (AvgIpc) is 3.54. The number of alkyl halides is 6. The molecule has 2 aliphatic carbocycles. The Morgan fingerprint density at radius 1 is 0.725 bits per heavy atom. The van der Waals surface area contributed by atoms with E-state index in [1.54, 1.807) is 5.41 Å². The minimum absolute atomic E-state index is 0.0216. The number of hydrogen-bond donors (Lipinski definition) is 0. The fourth-order valence-electron chi connectivity index (χ4n) is 6.73. The second-order valence-electron chi connectivity index (χ2n) is 11.4. The van der Waals surface area contributed by atoms with Gasteiger partial charge in [-0.3, -0.25) is 0 Å². The molecule has 1 aromatic rings. The summed E-state index contributed by atoms with van der Waals surface area (Å²) in [6.07, 6.45) is 14.5. The Hall–Kier alpha value is -1.61. The molecule has 9 heteroatoms. The van der Waals surface area contributed by atoms with Crippen molar-refractivity contribution in [2.24, 2.45) is 7.05 Å². The third-order valence-electron chi connectivity index (χ3n) is 8.82. The van der Waals surface area contributed by atoms with Gasteiger partial charge in [0.1, 0.15) is 7.05 Å². The Morgan fingerprint density at radius 2 is 1.27 bits per heavy atom. The lowest BCUT2D eigenvalue weighted by Crippen LogP contribution is -2.53. The van der Waals surface area contributed by atoms with E-state index in [4.69, 9.17) is 0 Å². The number of rotatable bonds is 11. The highest BCUT2D eigenvalue weighted by Crippen LogP contribution is 2.75. The van der Waals surface area contributed by atoms with Crippen LogP contribution >= 0.6 is 23.5 Å². The molecule has 0 radical (unpaired) electrons. The average molecular weight is 601 g/mol. The van der Waals surface area contributed by atoms with Crippen LogP contribution in [0.1, 0.15) is 83.6 Å². The normalized spacial score (nSPS) is 29.1. The van der Waals surface area contributed by atoms with Crippen LogP contribution in [0.5, 0.6) is 0 Å². The topological polar surface area (TPSA) is 3.88 Å².